The van der Waals surface area contributed by atoms with Crippen molar-refractivity contribution < 1.29 is 14.3 Å². The lowest BCUT2D eigenvalue weighted by molar-refractivity contribution is 0.0955. The van der Waals surface area contributed by atoms with Crippen LogP contribution in [0.4, 0.5) is 5.69 Å². The zero-order valence-electron chi connectivity index (χ0n) is 17.9. The Morgan fingerprint density at radius 3 is 2.42 bits per heavy atom. The Labute approximate surface area is 183 Å². The van der Waals surface area contributed by atoms with Gasteiger partial charge in [0.2, 0.25) is 0 Å². The highest BCUT2D eigenvalue weighted by atomic mass is 16.5. The van der Waals surface area contributed by atoms with Gasteiger partial charge >= 0.3 is 0 Å². The molecule has 5 nitrogen and oxygen atoms in total. The third-order valence-electron chi connectivity index (χ3n) is 4.97. The molecule has 0 aliphatic heterocycles. The highest BCUT2D eigenvalue weighted by Gasteiger charge is 2.14. The van der Waals surface area contributed by atoms with Crippen molar-refractivity contribution in [3.05, 3.63) is 95.6 Å². The Morgan fingerprint density at radius 2 is 1.65 bits per heavy atom. The number of ether oxygens (including phenoxy) is 1. The smallest absolute Gasteiger partial charge is 0.255 e. The molecule has 5 heteroatoms. The van der Waals surface area contributed by atoms with Crippen molar-refractivity contribution in [3.8, 4) is 5.75 Å². The third kappa shape index (κ3) is 6.44. The van der Waals surface area contributed by atoms with Crippen molar-refractivity contribution in [3.63, 3.8) is 0 Å². The lowest BCUT2D eigenvalue weighted by Gasteiger charge is -2.14. The minimum absolute atomic E-state index is 0.0682. The van der Waals surface area contributed by atoms with E-state index < -0.39 is 0 Å². The average molecular weight is 417 g/mol. The Hall–Kier alpha value is -3.60. The Morgan fingerprint density at radius 1 is 0.903 bits per heavy atom. The lowest BCUT2D eigenvalue weighted by Crippen LogP contribution is -2.27. The first kappa shape index (κ1) is 22.1. The number of hydrogen-bond acceptors (Lipinski definition) is 3. The maximum absolute atomic E-state index is 12.8. The number of hydrogen-bond donors (Lipinski definition) is 2. The molecule has 2 amide bonds. The molecule has 0 radical (unpaired) electrons. The van der Waals surface area contributed by atoms with Gasteiger partial charge in [0.15, 0.2) is 0 Å². The molecule has 0 saturated carbocycles. The summed E-state index contributed by atoms with van der Waals surface area (Å²) in [5.41, 5.74) is 2.53. The van der Waals surface area contributed by atoms with Gasteiger partial charge in [0, 0.05) is 12.1 Å². The molecule has 2 N–H and O–H groups in total. The van der Waals surface area contributed by atoms with Gasteiger partial charge in [-0.25, -0.2) is 0 Å². The van der Waals surface area contributed by atoms with Crippen LogP contribution in [-0.2, 0) is 6.42 Å². The average Bonchev–Trinajstić information content (AvgIpc) is 2.80. The fourth-order valence-corrected chi connectivity index (χ4v) is 3.07. The molecule has 3 aromatic rings. The second-order valence-electron chi connectivity index (χ2n) is 7.36. The number of rotatable bonds is 9. The molecule has 0 bridgehead atoms. The molecule has 0 aromatic heterocycles. The molecule has 0 heterocycles. The van der Waals surface area contributed by atoms with E-state index in [1.807, 2.05) is 50.2 Å². The van der Waals surface area contributed by atoms with Gasteiger partial charge in [-0.15, -0.1) is 0 Å². The summed E-state index contributed by atoms with van der Waals surface area (Å²) in [4.78, 5) is 25.5. The van der Waals surface area contributed by atoms with Gasteiger partial charge < -0.3 is 15.4 Å². The molecule has 160 valence electrons. The maximum Gasteiger partial charge on any atom is 0.255 e. The van der Waals surface area contributed by atoms with Gasteiger partial charge in [-0.2, -0.15) is 0 Å². The molecule has 0 spiro atoms. The van der Waals surface area contributed by atoms with Crippen LogP contribution in [0.3, 0.4) is 0 Å². The number of nitrogens with one attached hydrogen (secondary N) is 2. The molecule has 1 atom stereocenters. The van der Waals surface area contributed by atoms with Crippen LogP contribution in [0.15, 0.2) is 78.9 Å². The predicted octanol–water partition coefficient (Wildman–Crippen LogP) is 5.09. The van der Waals surface area contributed by atoms with Gasteiger partial charge in [-0.05, 0) is 55.7 Å². The predicted molar refractivity (Wildman–Crippen MR) is 124 cm³/mol. The van der Waals surface area contributed by atoms with Crippen LogP contribution >= 0.6 is 0 Å². The minimum atomic E-state index is -0.292. The van der Waals surface area contributed by atoms with E-state index in [0.29, 0.717) is 29.1 Å². The molecule has 1 unspecified atom stereocenters. The van der Waals surface area contributed by atoms with E-state index in [-0.39, 0.29) is 17.9 Å². The second-order valence-corrected chi connectivity index (χ2v) is 7.36. The van der Waals surface area contributed by atoms with Gasteiger partial charge in [0.05, 0.1) is 17.4 Å². The molecule has 0 saturated heterocycles. The van der Waals surface area contributed by atoms with Crippen LogP contribution in [0.25, 0.3) is 0 Å². The molecule has 0 fully saturated rings. The van der Waals surface area contributed by atoms with E-state index in [1.54, 1.807) is 42.5 Å². The lowest BCUT2D eigenvalue weighted by atomic mass is 10.1. The minimum Gasteiger partial charge on any atom is -0.491 e. The second kappa shape index (κ2) is 11.0. The van der Waals surface area contributed by atoms with Crippen molar-refractivity contribution in [1.82, 2.24) is 5.32 Å². The summed E-state index contributed by atoms with van der Waals surface area (Å²) in [6, 6.07) is 24.0. The number of para-hydroxylation sites is 1. The molecule has 3 rings (SSSR count). The summed E-state index contributed by atoms with van der Waals surface area (Å²) in [5, 5.41) is 5.78. The van der Waals surface area contributed by atoms with Crippen molar-refractivity contribution >= 4 is 17.5 Å². The summed E-state index contributed by atoms with van der Waals surface area (Å²) in [5.74, 6) is 0.133. The number of amides is 2. The van der Waals surface area contributed by atoms with Crippen molar-refractivity contribution in [1.29, 1.82) is 0 Å². The largest absolute Gasteiger partial charge is 0.491 e. The molecule has 0 aliphatic carbocycles. The monoisotopic (exact) mass is 416 g/mol. The number of anilines is 1. The first-order valence-corrected chi connectivity index (χ1v) is 10.6. The van der Waals surface area contributed by atoms with E-state index in [2.05, 4.69) is 10.6 Å². The van der Waals surface area contributed by atoms with Gasteiger partial charge in [-0.3, -0.25) is 9.59 Å². The Balaban J connectivity index is 1.65. The van der Waals surface area contributed by atoms with Crippen LogP contribution in [0, 0.1) is 0 Å². The molecular weight excluding hydrogens is 388 g/mol. The van der Waals surface area contributed by atoms with Crippen LogP contribution in [0.2, 0.25) is 0 Å². The van der Waals surface area contributed by atoms with Crippen LogP contribution < -0.4 is 15.4 Å². The van der Waals surface area contributed by atoms with Crippen LogP contribution in [0.5, 0.6) is 5.75 Å². The van der Waals surface area contributed by atoms with Crippen molar-refractivity contribution in [2.45, 2.75) is 32.8 Å². The van der Waals surface area contributed by atoms with Crippen LogP contribution in [0.1, 0.15) is 46.5 Å². The molecular formula is C26H28N2O3. The Bertz CT molecular complexity index is 1020. The van der Waals surface area contributed by atoms with E-state index in [0.717, 1.165) is 18.4 Å². The zero-order chi connectivity index (χ0) is 22.1. The third-order valence-corrected chi connectivity index (χ3v) is 4.97. The number of carbonyl (C=O) groups excluding carboxylic acids is 2. The highest BCUT2D eigenvalue weighted by molar-refractivity contribution is 6.09. The van der Waals surface area contributed by atoms with Crippen LogP contribution in [-0.4, -0.2) is 24.5 Å². The van der Waals surface area contributed by atoms with E-state index in [1.165, 1.54) is 0 Å². The first-order valence-electron chi connectivity index (χ1n) is 10.6. The topological polar surface area (TPSA) is 67.4 Å². The zero-order valence-corrected chi connectivity index (χ0v) is 17.9. The fraction of sp³-hybridized carbons (Fsp3) is 0.231. The number of benzene rings is 3. The summed E-state index contributed by atoms with van der Waals surface area (Å²) >= 11 is 0. The van der Waals surface area contributed by atoms with Crippen molar-refractivity contribution in [2.75, 3.05) is 11.9 Å². The van der Waals surface area contributed by atoms with E-state index in [9.17, 15) is 9.59 Å². The van der Waals surface area contributed by atoms with E-state index in [4.69, 9.17) is 4.74 Å². The summed E-state index contributed by atoms with van der Waals surface area (Å²) in [7, 11) is 0. The quantitative estimate of drug-likeness (QED) is 0.511. The van der Waals surface area contributed by atoms with Gasteiger partial charge in [0.1, 0.15) is 5.75 Å². The van der Waals surface area contributed by atoms with E-state index >= 15 is 0 Å². The first-order chi connectivity index (χ1) is 15.1. The summed E-state index contributed by atoms with van der Waals surface area (Å²) in [6.07, 6.45) is 1.69. The fourth-order valence-electron chi connectivity index (χ4n) is 3.07. The maximum atomic E-state index is 12.8. The van der Waals surface area contributed by atoms with Crippen molar-refractivity contribution in [2.24, 2.45) is 0 Å². The highest BCUT2D eigenvalue weighted by Crippen LogP contribution is 2.19. The number of carbonyl (C=O) groups is 2. The van der Waals surface area contributed by atoms with Gasteiger partial charge in [0.25, 0.3) is 11.8 Å². The van der Waals surface area contributed by atoms with Gasteiger partial charge in [-0.1, -0.05) is 55.5 Å². The normalized spacial score (nSPS) is 11.4. The Kier molecular flexibility index (Phi) is 7.82. The molecule has 3 aromatic carbocycles. The SMILES string of the molecule is CCC(C)Oc1cccc(C(=O)Nc2ccccc2C(=O)NCCc2ccccc2)c1. The summed E-state index contributed by atoms with van der Waals surface area (Å²) < 4.78 is 5.80. The standard InChI is InChI=1S/C26H28N2O3/c1-3-19(2)31-22-13-9-12-21(18-22)25(29)28-24-15-8-7-14-23(24)26(30)27-17-16-20-10-5-4-6-11-20/h4-15,18-19H,3,16-17H2,1-2H3,(H,27,30)(H,28,29). The summed E-state index contributed by atoms with van der Waals surface area (Å²) in [6.45, 7) is 4.54. The molecule has 0 aliphatic rings. The molecule has 31 heavy (non-hydrogen) atoms.